The van der Waals surface area contributed by atoms with E-state index in [1.807, 2.05) is 0 Å². The predicted molar refractivity (Wildman–Crippen MR) is 137 cm³/mol. The number of ether oxygens (including phenoxy) is 1. The molecule has 0 saturated carbocycles. The van der Waals surface area contributed by atoms with Gasteiger partial charge < -0.3 is 15.4 Å². The fraction of sp³-hybridized carbons (Fsp3) is 0.400. The Bertz CT molecular complexity index is 1440. The van der Waals surface area contributed by atoms with Crippen molar-refractivity contribution in [2.24, 2.45) is 5.92 Å². The number of rotatable bonds is 9. The number of nitrogens with one attached hydrogen (secondary N) is 2. The minimum Gasteiger partial charge on any atom is -0.454 e. The number of aromatic nitrogens is 3. The summed E-state index contributed by atoms with van der Waals surface area (Å²) in [6.07, 6.45) is -7.74. The molecule has 0 spiro atoms. The third-order valence-corrected chi connectivity index (χ3v) is 8.09. The number of hydrogen-bond donors (Lipinski definition) is 2. The lowest BCUT2D eigenvalue weighted by Crippen LogP contribution is -2.37. The van der Waals surface area contributed by atoms with Gasteiger partial charge in [-0.2, -0.15) is 45.6 Å². The van der Waals surface area contributed by atoms with E-state index in [0.29, 0.717) is 24.6 Å². The van der Waals surface area contributed by atoms with Crippen LogP contribution in [0.2, 0.25) is 0 Å². The summed E-state index contributed by atoms with van der Waals surface area (Å²) in [5, 5.41) is 5.30. The van der Waals surface area contributed by atoms with Crippen LogP contribution in [0.25, 0.3) is 0 Å². The highest BCUT2D eigenvalue weighted by Gasteiger charge is 2.31. The molecule has 2 heterocycles. The van der Waals surface area contributed by atoms with Crippen LogP contribution >= 0.6 is 0 Å². The summed E-state index contributed by atoms with van der Waals surface area (Å²) in [5.41, 5.74) is -0.427. The van der Waals surface area contributed by atoms with Crippen molar-refractivity contribution in [3.8, 4) is 6.01 Å². The van der Waals surface area contributed by atoms with Gasteiger partial charge in [0.05, 0.1) is 10.5 Å². The quantitative estimate of drug-likeness (QED) is 0.304. The highest BCUT2D eigenvalue weighted by Crippen LogP contribution is 2.31. The summed E-state index contributed by atoms with van der Waals surface area (Å²) in [6.45, 7) is 1.30. The maximum Gasteiger partial charge on any atom is 0.422 e. The van der Waals surface area contributed by atoms with Crippen molar-refractivity contribution in [2.45, 2.75) is 43.6 Å². The van der Waals surface area contributed by atoms with E-state index in [2.05, 4.69) is 37.2 Å². The van der Waals surface area contributed by atoms with Crippen LogP contribution in [0.4, 0.5) is 43.9 Å². The molecule has 0 amide bonds. The molecule has 1 aliphatic heterocycles. The average Bonchev–Trinajstić information content (AvgIpc) is 2.90. The zero-order valence-electron chi connectivity index (χ0n) is 21.6. The van der Waals surface area contributed by atoms with Gasteiger partial charge in [0.1, 0.15) is 0 Å². The minimum atomic E-state index is -4.69. The van der Waals surface area contributed by atoms with Crippen LogP contribution in [-0.4, -0.2) is 53.5 Å². The smallest absolute Gasteiger partial charge is 0.422 e. The Morgan fingerprint density at radius 1 is 0.951 bits per heavy atom. The molecular weight excluding hydrogens is 578 g/mol. The average molecular weight is 605 g/mol. The van der Waals surface area contributed by atoms with Crippen LogP contribution < -0.4 is 15.4 Å². The van der Waals surface area contributed by atoms with Crippen molar-refractivity contribution in [2.75, 3.05) is 30.3 Å². The third kappa shape index (κ3) is 8.42. The first-order valence-corrected chi connectivity index (χ1v) is 13.9. The van der Waals surface area contributed by atoms with E-state index in [1.54, 1.807) is 12.1 Å². The second-order valence-electron chi connectivity index (χ2n) is 9.46. The first kappa shape index (κ1) is 30.3. The molecule has 1 aliphatic rings. The van der Waals surface area contributed by atoms with Crippen molar-refractivity contribution >= 4 is 27.6 Å². The molecule has 9 nitrogen and oxygen atoms in total. The topological polar surface area (TPSA) is 109 Å². The molecule has 3 aromatic rings. The highest BCUT2D eigenvalue weighted by atomic mass is 32.2. The number of halogens is 6. The maximum absolute atomic E-state index is 13.1. The van der Waals surface area contributed by atoms with E-state index in [4.69, 9.17) is 0 Å². The lowest BCUT2D eigenvalue weighted by Gasteiger charge is -2.29. The molecule has 0 bridgehead atoms. The van der Waals surface area contributed by atoms with Crippen LogP contribution in [0, 0.1) is 5.92 Å². The van der Waals surface area contributed by atoms with Gasteiger partial charge in [0, 0.05) is 25.3 Å². The zero-order valence-corrected chi connectivity index (χ0v) is 22.4. The van der Waals surface area contributed by atoms with Gasteiger partial charge in [-0.3, -0.25) is 0 Å². The van der Waals surface area contributed by atoms with E-state index in [9.17, 15) is 34.8 Å². The number of benzene rings is 2. The largest absolute Gasteiger partial charge is 0.454 e. The zero-order chi connectivity index (χ0) is 29.8. The summed E-state index contributed by atoms with van der Waals surface area (Å²) >= 11 is 0. The molecule has 0 atom stereocenters. The molecule has 41 heavy (non-hydrogen) atoms. The number of nitrogens with zero attached hydrogens (tertiary/aromatic N) is 4. The van der Waals surface area contributed by atoms with Gasteiger partial charge in [-0.25, -0.2) is 8.42 Å². The Kier molecular flexibility index (Phi) is 8.91. The Morgan fingerprint density at radius 2 is 1.61 bits per heavy atom. The van der Waals surface area contributed by atoms with Gasteiger partial charge in [0.25, 0.3) is 0 Å². The molecule has 0 aliphatic carbocycles. The molecule has 0 unspecified atom stereocenters. The predicted octanol–water partition coefficient (Wildman–Crippen LogP) is 5.61. The van der Waals surface area contributed by atoms with Gasteiger partial charge >= 0.3 is 18.4 Å². The van der Waals surface area contributed by atoms with Crippen molar-refractivity contribution in [1.82, 2.24) is 19.3 Å². The maximum atomic E-state index is 13.1. The lowest BCUT2D eigenvalue weighted by atomic mass is 10.0. The molecule has 0 radical (unpaired) electrons. The van der Waals surface area contributed by atoms with Crippen molar-refractivity contribution < 1.29 is 39.5 Å². The van der Waals surface area contributed by atoms with Crippen LogP contribution in [0.15, 0.2) is 53.4 Å². The normalized spacial score (nSPS) is 15.5. The Balaban J connectivity index is 1.49. The van der Waals surface area contributed by atoms with Crippen LogP contribution in [0.5, 0.6) is 6.01 Å². The molecule has 4 rings (SSSR count). The summed E-state index contributed by atoms with van der Waals surface area (Å²) in [5.74, 6) is -0.132. The number of sulfonamides is 1. The molecule has 222 valence electrons. The highest BCUT2D eigenvalue weighted by molar-refractivity contribution is 7.89. The first-order chi connectivity index (χ1) is 19.2. The van der Waals surface area contributed by atoms with Gasteiger partial charge in [0.2, 0.25) is 21.9 Å². The summed E-state index contributed by atoms with van der Waals surface area (Å²) in [7, 11) is -3.65. The molecule has 16 heteroatoms. The van der Waals surface area contributed by atoms with E-state index in [-0.39, 0.29) is 29.0 Å². The van der Waals surface area contributed by atoms with Gasteiger partial charge in [-0.1, -0.05) is 25.1 Å². The fourth-order valence-corrected chi connectivity index (χ4v) is 5.41. The van der Waals surface area contributed by atoms with Crippen molar-refractivity contribution in [3.63, 3.8) is 0 Å². The third-order valence-electron chi connectivity index (χ3n) is 6.18. The molecular formula is C25H26F6N6O3S. The molecule has 2 aromatic carbocycles. The Morgan fingerprint density at radius 3 is 2.24 bits per heavy atom. The summed E-state index contributed by atoms with van der Waals surface area (Å²) < 4.78 is 109. The van der Waals surface area contributed by atoms with Crippen LogP contribution in [0.1, 0.15) is 30.9 Å². The number of anilines is 3. The minimum absolute atomic E-state index is 0.0350. The van der Waals surface area contributed by atoms with E-state index >= 15 is 0 Å². The number of hydrogen-bond acceptors (Lipinski definition) is 8. The molecule has 1 aromatic heterocycles. The molecule has 1 saturated heterocycles. The van der Waals surface area contributed by atoms with Crippen molar-refractivity contribution in [1.29, 1.82) is 0 Å². The molecule has 2 N–H and O–H groups in total. The second kappa shape index (κ2) is 12.1. The lowest BCUT2D eigenvalue weighted by molar-refractivity contribution is -0.154. The number of alkyl halides is 6. The molecule has 1 fully saturated rings. The summed E-state index contributed by atoms with van der Waals surface area (Å²) in [6, 6.07) is 9.40. The van der Waals surface area contributed by atoms with Gasteiger partial charge in [0.15, 0.2) is 6.61 Å². The Labute approximate surface area is 232 Å². The summed E-state index contributed by atoms with van der Waals surface area (Å²) in [4.78, 5) is 11.7. The SMILES string of the molecule is CC1CCN(S(=O)(=O)c2ccc(CNc3nc(Nc4cccc(C(F)(F)F)c4)nc(OCC(F)(F)F)n3)cc2)CC1. The fourth-order valence-electron chi connectivity index (χ4n) is 3.94. The van der Waals surface area contributed by atoms with Gasteiger partial charge in [-0.05, 0) is 54.7 Å². The van der Waals surface area contributed by atoms with Gasteiger partial charge in [-0.15, -0.1) is 0 Å². The Hall–Kier alpha value is -3.66. The van der Waals surface area contributed by atoms with Crippen LogP contribution in [-0.2, 0) is 22.7 Å². The van der Waals surface area contributed by atoms with E-state index in [0.717, 1.165) is 31.0 Å². The van der Waals surface area contributed by atoms with Crippen LogP contribution in [0.3, 0.4) is 0 Å². The van der Waals surface area contributed by atoms with Crippen molar-refractivity contribution in [3.05, 3.63) is 59.7 Å². The second-order valence-corrected chi connectivity index (χ2v) is 11.4. The monoisotopic (exact) mass is 604 g/mol. The van der Waals surface area contributed by atoms with E-state index in [1.165, 1.54) is 22.5 Å². The van der Waals surface area contributed by atoms with E-state index < -0.39 is 40.6 Å². The standard InChI is InChI=1S/C25H26F6N6O3S/c1-16-9-11-37(12-10-16)41(38,39)20-7-5-17(6-8-20)14-32-21-34-22(36-23(35-21)40-15-24(26,27)28)33-19-4-2-3-18(13-19)25(29,30)31/h2-8,13,16H,9-12,14-15H2,1H3,(H2,32,33,34,35,36). The first-order valence-electron chi connectivity index (χ1n) is 12.4. The number of piperidine rings is 1.